The van der Waals surface area contributed by atoms with Gasteiger partial charge >= 0.3 is 5.97 Å². The van der Waals surface area contributed by atoms with Crippen LogP contribution in [0, 0.1) is 5.92 Å². The second kappa shape index (κ2) is 10.3. The van der Waals surface area contributed by atoms with Gasteiger partial charge in [-0.25, -0.2) is 0 Å². The van der Waals surface area contributed by atoms with E-state index in [9.17, 15) is 9.59 Å². The van der Waals surface area contributed by atoms with Gasteiger partial charge in [0, 0.05) is 12.8 Å². The first-order chi connectivity index (χ1) is 8.07. The maximum absolute atomic E-state index is 11.3. The summed E-state index contributed by atoms with van der Waals surface area (Å²) in [6.45, 7) is 5.78. The average Bonchev–Trinajstić information content (AvgIpc) is 2.25. The van der Waals surface area contributed by atoms with Gasteiger partial charge in [-0.1, -0.05) is 32.6 Å². The Bertz CT molecular complexity index is 224. The lowest BCUT2D eigenvalue weighted by molar-refractivity contribution is -0.141. The van der Waals surface area contributed by atoms with Crippen LogP contribution in [0.4, 0.5) is 0 Å². The molecular formula is C14H26O3. The molecular weight excluding hydrogens is 216 g/mol. The number of unbranched alkanes of at least 4 members (excludes halogenated alkanes) is 3. The second-order valence-corrected chi connectivity index (χ2v) is 4.64. The first-order valence-corrected chi connectivity index (χ1v) is 6.71. The fourth-order valence-corrected chi connectivity index (χ4v) is 1.96. The Balaban J connectivity index is 3.42. The molecule has 100 valence electrons. The molecule has 0 spiro atoms. The minimum atomic E-state index is -0.204. The van der Waals surface area contributed by atoms with E-state index in [1.165, 1.54) is 6.92 Å². The van der Waals surface area contributed by atoms with E-state index in [0.717, 1.165) is 44.9 Å². The van der Waals surface area contributed by atoms with Crippen molar-refractivity contribution in [1.82, 2.24) is 0 Å². The van der Waals surface area contributed by atoms with Crippen LogP contribution in [0.1, 0.15) is 65.7 Å². The summed E-state index contributed by atoms with van der Waals surface area (Å²) >= 11 is 0. The first kappa shape index (κ1) is 16.1. The zero-order valence-electron chi connectivity index (χ0n) is 11.5. The van der Waals surface area contributed by atoms with Crippen molar-refractivity contribution in [1.29, 1.82) is 0 Å². The van der Waals surface area contributed by atoms with E-state index in [1.54, 1.807) is 6.92 Å². The Morgan fingerprint density at radius 2 is 1.65 bits per heavy atom. The topological polar surface area (TPSA) is 43.4 Å². The Morgan fingerprint density at radius 1 is 1.00 bits per heavy atom. The Morgan fingerprint density at radius 3 is 2.18 bits per heavy atom. The van der Waals surface area contributed by atoms with Gasteiger partial charge in [0.1, 0.15) is 5.78 Å². The molecule has 0 rings (SSSR count). The summed E-state index contributed by atoms with van der Waals surface area (Å²) in [5.74, 6) is 0.379. The van der Waals surface area contributed by atoms with Crippen LogP contribution in [0.2, 0.25) is 0 Å². The quantitative estimate of drug-likeness (QED) is 0.435. The molecule has 0 aliphatic rings. The summed E-state index contributed by atoms with van der Waals surface area (Å²) in [4.78, 5) is 21.8. The standard InChI is InChI=1S/C14H26O3/c1-4-9-14(12(2)15)10-7-5-6-8-11-17-13(3)16/h14H,4-11H2,1-3H3. The maximum Gasteiger partial charge on any atom is 0.302 e. The summed E-state index contributed by atoms with van der Waals surface area (Å²) in [6, 6.07) is 0. The van der Waals surface area contributed by atoms with Crippen molar-refractivity contribution in [3.8, 4) is 0 Å². The molecule has 1 unspecified atom stereocenters. The Labute approximate surface area is 105 Å². The molecule has 0 saturated carbocycles. The lowest BCUT2D eigenvalue weighted by Gasteiger charge is -2.12. The van der Waals surface area contributed by atoms with Gasteiger partial charge in [0.05, 0.1) is 6.61 Å². The second-order valence-electron chi connectivity index (χ2n) is 4.64. The highest BCUT2D eigenvalue weighted by Gasteiger charge is 2.11. The summed E-state index contributed by atoms with van der Waals surface area (Å²) in [5.41, 5.74) is 0. The van der Waals surface area contributed by atoms with Gasteiger partial charge < -0.3 is 4.74 Å². The number of carbonyl (C=O) groups excluding carboxylic acids is 2. The van der Waals surface area contributed by atoms with Gasteiger partial charge in [-0.3, -0.25) is 9.59 Å². The average molecular weight is 242 g/mol. The van der Waals surface area contributed by atoms with Crippen LogP contribution in [0.3, 0.4) is 0 Å². The molecule has 0 aromatic heterocycles. The lowest BCUT2D eigenvalue weighted by Crippen LogP contribution is -2.10. The first-order valence-electron chi connectivity index (χ1n) is 6.71. The summed E-state index contributed by atoms with van der Waals surface area (Å²) in [6.07, 6.45) is 7.33. The molecule has 0 aliphatic heterocycles. The van der Waals surface area contributed by atoms with E-state index >= 15 is 0 Å². The van der Waals surface area contributed by atoms with Gasteiger partial charge in [0.15, 0.2) is 0 Å². The third kappa shape index (κ3) is 10.0. The summed E-state index contributed by atoms with van der Waals surface area (Å²) < 4.78 is 4.85. The van der Waals surface area contributed by atoms with Crippen LogP contribution in [0.15, 0.2) is 0 Å². The number of carbonyl (C=O) groups is 2. The largest absolute Gasteiger partial charge is 0.466 e. The highest BCUT2D eigenvalue weighted by atomic mass is 16.5. The monoisotopic (exact) mass is 242 g/mol. The van der Waals surface area contributed by atoms with Crippen molar-refractivity contribution < 1.29 is 14.3 Å². The van der Waals surface area contributed by atoms with Gasteiger partial charge in [-0.15, -0.1) is 0 Å². The van der Waals surface area contributed by atoms with Crippen LogP contribution >= 0.6 is 0 Å². The van der Waals surface area contributed by atoms with E-state index in [0.29, 0.717) is 12.4 Å². The van der Waals surface area contributed by atoms with Gasteiger partial charge in [-0.05, 0) is 26.2 Å². The highest BCUT2D eigenvalue weighted by Crippen LogP contribution is 2.17. The molecule has 0 amide bonds. The SMILES string of the molecule is CCCC(CCCCCCOC(C)=O)C(C)=O. The van der Waals surface area contributed by atoms with E-state index in [2.05, 4.69) is 6.92 Å². The van der Waals surface area contributed by atoms with E-state index in [4.69, 9.17) is 4.74 Å². The number of hydrogen-bond acceptors (Lipinski definition) is 3. The van der Waals surface area contributed by atoms with Crippen molar-refractivity contribution in [3.05, 3.63) is 0 Å². The smallest absolute Gasteiger partial charge is 0.302 e. The minimum absolute atomic E-state index is 0.204. The number of Topliss-reactive ketones (excluding diaryl/α,β-unsaturated/α-hetero) is 1. The summed E-state index contributed by atoms with van der Waals surface area (Å²) in [7, 11) is 0. The third-order valence-electron chi connectivity index (χ3n) is 2.96. The van der Waals surface area contributed by atoms with Crippen molar-refractivity contribution in [3.63, 3.8) is 0 Å². The Hall–Kier alpha value is -0.860. The molecule has 0 fully saturated rings. The summed E-state index contributed by atoms with van der Waals surface area (Å²) in [5, 5.41) is 0. The molecule has 1 atom stereocenters. The predicted molar refractivity (Wildman–Crippen MR) is 68.8 cm³/mol. The number of rotatable bonds is 10. The third-order valence-corrected chi connectivity index (χ3v) is 2.96. The number of hydrogen-bond donors (Lipinski definition) is 0. The van der Waals surface area contributed by atoms with Crippen LogP contribution in [-0.2, 0) is 14.3 Å². The minimum Gasteiger partial charge on any atom is -0.466 e. The molecule has 0 aromatic carbocycles. The number of ketones is 1. The lowest BCUT2D eigenvalue weighted by atomic mass is 9.93. The number of ether oxygens (including phenoxy) is 1. The highest BCUT2D eigenvalue weighted by molar-refractivity contribution is 5.78. The molecule has 0 bridgehead atoms. The fraction of sp³-hybridized carbons (Fsp3) is 0.857. The molecule has 3 nitrogen and oxygen atoms in total. The van der Waals surface area contributed by atoms with Crippen LogP contribution in [-0.4, -0.2) is 18.4 Å². The van der Waals surface area contributed by atoms with Crippen LogP contribution in [0.5, 0.6) is 0 Å². The Kier molecular flexibility index (Phi) is 9.78. The molecule has 17 heavy (non-hydrogen) atoms. The molecule has 0 aliphatic carbocycles. The molecule has 0 N–H and O–H groups in total. The van der Waals surface area contributed by atoms with Crippen molar-refractivity contribution >= 4 is 11.8 Å². The molecule has 3 heteroatoms. The van der Waals surface area contributed by atoms with Crippen LogP contribution in [0.25, 0.3) is 0 Å². The van der Waals surface area contributed by atoms with Crippen LogP contribution < -0.4 is 0 Å². The fourth-order valence-electron chi connectivity index (χ4n) is 1.96. The normalized spacial score (nSPS) is 12.2. The predicted octanol–water partition coefficient (Wildman–Crippen LogP) is 3.51. The molecule has 0 aromatic rings. The van der Waals surface area contributed by atoms with Crippen molar-refractivity contribution in [2.24, 2.45) is 5.92 Å². The van der Waals surface area contributed by atoms with E-state index in [-0.39, 0.29) is 11.9 Å². The van der Waals surface area contributed by atoms with E-state index in [1.807, 2.05) is 0 Å². The molecule has 0 heterocycles. The van der Waals surface area contributed by atoms with Gasteiger partial charge in [0.25, 0.3) is 0 Å². The van der Waals surface area contributed by atoms with Gasteiger partial charge in [-0.2, -0.15) is 0 Å². The van der Waals surface area contributed by atoms with Crippen molar-refractivity contribution in [2.45, 2.75) is 65.7 Å². The zero-order chi connectivity index (χ0) is 13.1. The zero-order valence-corrected chi connectivity index (χ0v) is 11.5. The number of esters is 1. The van der Waals surface area contributed by atoms with Gasteiger partial charge in [0.2, 0.25) is 0 Å². The van der Waals surface area contributed by atoms with Crippen molar-refractivity contribution in [2.75, 3.05) is 6.61 Å². The maximum atomic E-state index is 11.3. The molecule has 0 saturated heterocycles. The molecule has 0 radical (unpaired) electrons. The van der Waals surface area contributed by atoms with E-state index < -0.39 is 0 Å².